The summed E-state index contributed by atoms with van der Waals surface area (Å²) < 4.78 is 18.5. The van der Waals surface area contributed by atoms with Gasteiger partial charge in [0.2, 0.25) is 11.8 Å². The molecule has 2 aromatic heterocycles. The molecule has 0 radical (unpaired) electrons. The Labute approximate surface area is 255 Å². The second-order valence-electron chi connectivity index (χ2n) is 13.9. The van der Waals surface area contributed by atoms with Crippen LogP contribution in [0.5, 0.6) is 5.88 Å². The van der Waals surface area contributed by atoms with E-state index in [2.05, 4.69) is 68.5 Å². The van der Waals surface area contributed by atoms with Gasteiger partial charge >= 0.3 is 0 Å². The molecule has 43 heavy (non-hydrogen) atoms. The van der Waals surface area contributed by atoms with Crippen molar-refractivity contribution in [3.63, 3.8) is 0 Å². The summed E-state index contributed by atoms with van der Waals surface area (Å²) in [5, 5.41) is 17.1. The van der Waals surface area contributed by atoms with E-state index < -0.39 is 8.32 Å². The molecular formula is C33H42N6O3Si. The summed E-state index contributed by atoms with van der Waals surface area (Å²) in [5.74, 6) is 1.62. The number of nitrogens with zero attached hydrogens (tertiary/aromatic N) is 4. The monoisotopic (exact) mass is 598 g/mol. The summed E-state index contributed by atoms with van der Waals surface area (Å²) >= 11 is 0. The van der Waals surface area contributed by atoms with Gasteiger partial charge in [-0.2, -0.15) is 5.26 Å². The lowest BCUT2D eigenvalue weighted by molar-refractivity contribution is 0.109. The van der Waals surface area contributed by atoms with Gasteiger partial charge in [0.15, 0.2) is 8.32 Å². The van der Waals surface area contributed by atoms with E-state index in [1.54, 1.807) is 6.20 Å². The number of rotatable bonds is 9. The fourth-order valence-corrected chi connectivity index (χ4v) is 6.37. The first-order valence-corrected chi connectivity index (χ1v) is 18.2. The van der Waals surface area contributed by atoms with E-state index >= 15 is 0 Å². The largest absolute Gasteiger partial charge is 0.476 e. The first kappa shape index (κ1) is 29.5. The molecule has 6 rings (SSSR count). The van der Waals surface area contributed by atoms with Gasteiger partial charge < -0.3 is 24.5 Å². The van der Waals surface area contributed by atoms with E-state index in [1.165, 1.54) is 12.8 Å². The normalized spacial score (nSPS) is 19.7. The molecule has 4 heterocycles. The van der Waals surface area contributed by atoms with Crippen molar-refractivity contribution < 1.29 is 13.9 Å². The minimum Gasteiger partial charge on any atom is -0.476 e. The fraction of sp³-hybridized carbons (Fsp3) is 0.515. The molecule has 1 fully saturated rings. The first-order valence-electron chi connectivity index (χ1n) is 15.3. The second kappa shape index (κ2) is 11.2. The number of pyridine rings is 1. The summed E-state index contributed by atoms with van der Waals surface area (Å²) in [5.41, 5.74) is 6.70. The highest BCUT2D eigenvalue weighted by atomic mass is 28.4. The number of hydrogen-bond acceptors (Lipinski definition) is 9. The van der Waals surface area contributed by atoms with Crippen molar-refractivity contribution in [1.29, 1.82) is 5.26 Å². The number of fused-ring (bicyclic) bond motifs is 2. The molecule has 1 aromatic carbocycles. The molecule has 3 aliphatic rings. The molecule has 2 aliphatic heterocycles. The van der Waals surface area contributed by atoms with Crippen LogP contribution >= 0.6 is 0 Å². The van der Waals surface area contributed by atoms with E-state index in [4.69, 9.17) is 23.9 Å². The van der Waals surface area contributed by atoms with Crippen molar-refractivity contribution in [3.8, 4) is 23.2 Å². The number of ether oxygens (including phenoxy) is 2. The zero-order valence-corrected chi connectivity index (χ0v) is 27.1. The van der Waals surface area contributed by atoms with E-state index in [0.29, 0.717) is 56.3 Å². The number of anilines is 3. The van der Waals surface area contributed by atoms with Gasteiger partial charge in [0, 0.05) is 42.3 Å². The highest BCUT2D eigenvalue weighted by Crippen LogP contribution is 2.44. The zero-order valence-electron chi connectivity index (χ0n) is 26.1. The predicted octanol–water partition coefficient (Wildman–Crippen LogP) is 6.72. The molecule has 0 saturated heterocycles. The van der Waals surface area contributed by atoms with Crippen LogP contribution < -0.4 is 15.4 Å². The molecule has 1 aliphatic carbocycles. The third-order valence-corrected chi connectivity index (χ3v) is 13.8. The van der Waals surface area contributed by atoms with Crippen LogP contribution in [0.3, 0.4) is 0 Å². The van der Waals surface area contributed by atoms with Crippen molar-refractivity contribution in [2.24, 2.45) is 5.92 Å². The quantitative estimate of drug-likeness (QED) is 0.259. The molecule has 0 unspecified atom stereocenters. The molecular weight excluding hydrogens is 556 g/mol. The standard InChI is InChI=1S/C33H42N6O3Si/c1-32(2,3)43(5,6)42-20-33(4)19-36-29-23(16-34)13-22(14-25(29)33)26-9-11-35-31(38-26)39-28-15-24-18-40-12-10-27(24)37-30(28)41-17-21-7-8-21/h9,11,13-15,21,36H,7-8,10,12,17-20H2,1-6H3,(H,35,38,39)/t33-/m1/s1. The Morgan fingerprint density at radius 1 is 1.21 bits per heavy atom. The van der Waals surface area contributed by atoms with Crippen molar-refractivity contribution in [1.82, 2.24) is 15.0 Å². The van der Waals surface area contributed by atoms with Gasteiger partial charge in [0.1, 0.15) is 11.8 Å². The number of nitrogens with one attached hydrogen (secondary N) is 2. The third kappa shape index (κ3) is 6.12. The van der Waals surface area contributed by atoms with Gasteiger partial charge in [-0.15, -0.1) is 0 Å². The Morgan fingerprint density at radius 3 is 2.77 bits per heavy atom. The molecule has 9 nitrogen and oxygen atoms in total. The van der Waals surface area contributed by atoms with Gasteiger partial charge in [0.05, 0.1) is 42.5 Å². The van der Waals surface area contributed by atoms with Gasteiger partial charge in [-0.1, -0.05) is 27.7 Å². The summed E-state index contributed by atoms with van der Waals surface area (Å²) in [6, 6.07) is 10.4. The van der Waals surface area contributed by atoms with Crippen molar-refractivity contribution >= 4 is 25.6 Å². The number of aromatic nitrogens is 3. The van der Waals surface area contributed by atoms with Crippen LogP contribution in [0.15, 0.2) is 30.5 Å². The maximum atomic E-state index is 10.1. The Bertz CT molecular complexity index is 1580. The van der Waals surface area contributed by atoms with Crippen LogP contribution in [0.2, 0.25) is 18.1 Å². The Hall–Kier alpha value is -3.52. The summed E-state index contributed by atoms with van der Waals surface area (Å²) in [7, 11) is -1.95. The summed E-state index contributed by atoms with van der Waals surface area (Å²) in [6.07, 6.45) is 4.92. The lowest BCUT2D eigenvalue weighted by Crippen LogP contribution is -2.45. The topological polar surface area (TPSA) is 114 Å². The Kier molecular flexibility index (Phi) is 7.69. The average molecular weight is 599 g/mol. The third-order valence-electron chi connectivity index (χ3n) is 9.37. The minimum atomic E-state index is -1.95. The Morgan fingerprint density at radius 2 is 2.02 bits per heavy atom. The van der Waals surface area contributed by atoms with Gasteiger partial charge in [-0.05, 0) is 66.7 Å². The van der Waals surface area contributed by atoms with Crippen LogP contribution in [-0.2, 0) is 27.6 Å². The summed E-state index contributed by atoms with van der Waals surface area (Å²) in [4.78, 5) is 14.2. The van der Waals surface area contributed by atoms with Gasteiger partial charge in [-0.3, -0.25) is 0 Å². The molecule has 2 N–H and O–H groups in total. The average Bonchev–Trinajstić information content (AvgIpc) is 3.76. The Balaban J connectivity index is 1.30. The molecule has 0 spiro atoms. The first-order chi connectivity index (χ1) is 20.5. The zero-order chi connectivity index (χ0) is 30.4. The van der Waals surface area contributed by atoms with E-state index in [1.807, 2.05) is 18.2 Å². The van der Waals surface area contributed by atoms with Crippen LogP contribution in [0.25, 0.3) is 11.3 Å². The van der Waals surface area contributed by atoms with Gasteiger partial charge in [-0.25, -0.2) is 15.0 Å². The number of nitriles is 1. The van der Waals surface area contributed by atoms with E-state index in [0.717, 1.165) is 45.9 Å². The maximum absolute atomic E-state index is 10.1. The smallest absolute Gasteiger partial charge is 0.238 e. The fourth-order valence-electron chi connectivity index (χ4n) is 5.26. The van der Waals surface area contributed by atoms with Crippen LogP contribution in [0, 0.1) is 17.2 Å². The number of hydrogen-bond donors (Lipinski definition) is 2. The molecule has 3 aromatic rings. The lowest BCUT2D eigenvalue weighted by Gasteiger charge is -2.39. The SMILES string of the molecule is CC(C)(C)[Si](C)(C)OC[C@@]1(C)CNc2c(C#N)cc(-c3ccnc(Nc4cc5c(nc4OCC4CC4)CCOC5)n3)cc21. The lowest BCUT2D eigenvalue weighted by atomic mass is 9.83. The summed E-state index contributed by atoms with van der Waals surface area (Å²) in [6.45, 7) is 16.7. The highest BCUT2D eigenvalue weighted by molar-refractivity contribution is 6.74. The van der Waals surface area contributed by atoms with E-state index in [9.17, 15) is 5.26 Å². The molecule has 0 bridgehead atoms. The number of benzene rings is 1. The maximum Gasteiger partial charge on any atom is 0.238 e. The highest BCUT2D eigenvalue weighted by Gasteiger charge is 2.42. The molecule has 0 amide bonds. The molecule has 226 valence electrons. The van der Waals surface area contributed by atoms with Crippen molar-refractivity contribution in [2.45, 2.75) is 77.1 Å². The molecule has 1 atom stereocenters. The molecule has 1 saturated carbocycles. The van der Waals surface area contributed by atoms with Crippen LogP contribution in [0.1, 0.15) is 62.9 Å². The van der Waals surface area contributed by atoms with Gasteiger partial charge in [0.25, 0.3) is 0 Å². The van der Waals surface area contributed by atoms with Crippen molar-refractivity contribution in [3.05, 3.63) is 52.8 Å². The van der Waals surface area contributed by atoms with E-state index in [-0.39, 0.29) is 10.5 Å². The van der Waals surface area contributed by atoms with Crippen molar-refractivity contribution in [2.75, 3.05) is 37.0 Å². The molecule has 10 heteroatoms. The predicted molar refractivity (Wildman–Crippen MR) is 170 cm³/mol. The van der Waals surface area contributed by atoms with Crippen LogP contribution in [0.4, 0.5) is 17.3 Å². The minimum absolute atomic E-state index is 0.117. The van der Waals surface area contributed by atoms with Crippen LogP contribution in [-0.4, -0.2) is 49.6 Å². The second-order valence-corrected chi connectivity index (χ2v) is 18.7.